The summed E-state index contributed by atoms with van der Waals surface area (Å²) in [6.07, 6.45) is -1.17. The van der Waals surface area contributed by atoms with Crippen LogP contribution in [-0.4, -0.2) is 19.9 Å². The minimum atomic E-state index is -4.40. The first kappa shape index (κ1) is 16.1. The third kappa shape index (κ3) is 3.21. The van der Waals surface area contributed by atoms with Gasteiger partial charge < -0.3 is 10.3 Å². The molecule has 26 heavy (non-hydrogen) atoms. The quantitative estimate of drug-likeness (QED) is 0.555. The fraction of sp³-hybridized carbons (Fsp3) is 0.0556. The van der Waals surface area contributed by atoms with Gasteiger partial charge in [0.2, 0.25) is 0 Å². The molecule has 0 aliphatic rings. The Balaban J connectivity index is 1.68. The SMILES string of the molecule is FC(F)(F)c1cccc(-c2nc3cc(Nc4ccccn4)ncc3[nH]2)c1. The Morgan fingerprint density at radius 1 is 0.923 bits per heavy atom. The van der Waals surface area contributed by atoms with Crippen molar-refractivity contribution in [1.29, 1.82) is 0 Å². The van der Waals surface area contributed by atoms with Crippen molar-refractivity contribution in [2.75, 3.05) is 5.32 Å². The number of pyridine rings is 2. The zero-order valence-corrected chi connectivity index (χ0v) is 13.2. The molecule has 0 radical (unpaired) electrons. The van der Waals surface area contributed by atoms with Crippen LogP contribution >= 0.6 is 0 Å². The van der Waals surface area contributed by atoms with Crippen molar-refractivity contribution in [2.45, 2.75) is 6.18 Å². The standard InChI is InChI=1S/C18H12F3N5/c19-18(20,21)12-5-3-4-11(8-12)17-24-13-9-16(23-10-14(13)25-17)26-15-6-1-2-7-22-15/h1-10H,(H,24,25)(H,22,23,26). The highest BCUT2D eigenvalue weighted by molar-refractivity contribution is 5.81. The highest BCUT2D eigenvalue weighted by Crippen LogP contribution is 2.32. The summed E-state index contributed by atoms with van der Waals surface area (Å²) in [7, 11) is 0. The van der Waals surface area contributed by atoms with E-state index >= 15 is 0 Å². The number of hydrogen-bond donors (Lipinski definition) is 2. The van der Waals surface area contributed by atoms with Crippen LogP contribution in [0.25, 0.3) is 22.4 Å². The number of nitrogens with one attached hydrogen (secondary N) is 2. The first-order valence-corrected chi connectivity index (χ1v) is 7.70. The van der Waals surface area contributed by atoms with Crippen molar-refractivity contribution in [3.8, 4) is 11.4 Å². The van der Waals surface area contributed by atoms with E-state index in [2.05, 4.69) is 25.3 Å². The number of aromatic amines is 1. The Morgan fingerprint density at radius 2 is 1.81 bits per heavy atom. The van der Waals surface area contributed by atoms with Crippen molar-refractivity contribution in [2.24, 2.45) is 0 Å². The molecule has 0 aliphatic heterocycles. The molecule has 130 valence electrons. The maximum atomic E-state index is 12.9. The van der Waals surface area contributed by atoms with E-state index in [1.807, 2.05) is 6.07 Å². The van der Waals surface area contributed by atoms with Gasteiger partial charge in [-0.2, -0.15) is 13.2 Å². The van der Waals surface area contributed by atoms with Crippen molar-refractivity contribution in [3.05, 3.63) is 66.5 Å². The van der Waals surface area contributed by atoms with Gasteiger partial charge in [-0.15, -0.1) is 0 Å². The van der Waals surface area contributed by atoms with Gasteiger partial charge >= 0.3 is 6.18 Å². The predicted molar refractivity (Wildman–Crippen MR) is 91.8 cm³/mol. The van der Waals surface area contributed by atoms with Gasteiger partial charge in [0.15, 0.2) is 0 Å². The molecular formula is C18H12F3N5. The van der Waals surface area contributed by atoms with Crippen LogP contribution < -0.4 is 5.32 Å². The van der Waals surface area contributed by atoms with Gasteiger partial charge in [0.1, 0.15) is 17.5 Å². The third-order valence-electron chi connectivity index (χ3n) is 3.75. The summed E-state index contributed by atoms with van der Waals surface area (Å²) in [5, 5.41) is 3.05. The van der Waals surface area contributed by atoms with Gasteiger partial charge in [0, 0.05) is 17.8 Å². The molecular weight excluding hydrogens is 343 g/mol. The van der Waals surface area contributed by atoms with E-state index in [9.17, 15) is 13.2 Å². The molecule has 5 nitrogen and oxygen atoms in total. The largest absolute Gasteiger partial charge is 0.416 e. The number of rotatable bonds is 3. The van der Waals surface area contributed by atoms with E-state index in [-0.39, 0.29) is 0 Å². The summed E-state index contributed by atoms with van der Waals surface area (Å²) >= 11 is 0. The van der Waals surface area contributed by atoms with Crippen LogP contribution in [0.4, 0.5) is 24.8 Å². The molecule has 8 heteroatoms. The minimum Gasteiger partial charge on any atom is -0.337 e. The van der Waals surface area contributed by atoms with E-state index in [0.29, 0.717) is 34.1 Å². The molecule has 0 aliphatic carbocycles. The van der Waals surface area contributed by atoms with Crippen LogP contribution in [0.2, 0.25) is 0 Å². The van der Waals surface area contributed by atoms with E-state index in [1.54, 1.807) is 36.7 Å². The van der Waals surface area contributed by atoms with Crippen LogP contribution in [0, 0.1) is 0 Å². The molecule has 3 aromatic heterocycles. The maximum Gasteiger partial charge on any atom is 0.416 e. The molecule has 0 saturated carbocycles. The first-order valence-electron chi connectivity index (χ1n) is 7.70. The molecule has 0 amide bonds. The molecule has 0 bridgehead atoms. The lowest BCUT2D eigenvalue weighted by atomic mass is 10.1. The number of aromatic nitrogens is 4. The highest BCUT2D eigenvalue weighted by Gasteiger charge is 2.30. The number of alkyl halides is 3. The Hall–Kier alpha value is -3.42. The number of H-pyrrole nitrogens is 1. The zero-order valence-electron chi connectivity index (χ0n) is 13.2. The van der Waals surface area contributed by atoms with Crippen molar-refractivity contribution >= 4 is 22.7 Å². The van der Waals surface area contributed by atoms with Crippen LogP contribution in [0.15, 0.2) is 60.9 Å². The lowest BCUT2D eigenvalue weighted by molar-refractivity contribution is -0.137. The maximum absolute atomic E-state index is 12.9. The summed E-state index contributed by atoms with van der Waals surface area (Å²) in [5.74, 6) is 1.52. The lowest BCUT2D eigenvalue weighted by Crippen LogP contribution is -2.04. The van der Waals surface area contributed by atoms with Gasteiger partial charge in [-0.3, -0.25) is 0 Å². The Morgan fingerprint density at radius 3 is 2.58 bits per heavy atom. The first-order chi connectivity index (χ1) is 12.5. The molecule has 0 spiro atoms. The molecule has 2 N–H and O–H groups in total. The van der Waals surface area contributed by atoms with E-state index in [0.717, 1.165) is 12.1 Å². The monoisotopic (exact) mass is 355 g/mol. The Bertz CT molecular complexity index is 1060. The van der Waals surface area contributed by atoms with Gasteiger partial charge in [0.05, 0.1) is 22.8 Å². The molecule has 0 saturated heterocycles. The Kier molecular flexibility index (Phi) is 3.80. The normalized spacial score (nSPS) is 11.7. The molecule has 0 unspecified atom stereocenters. The van der Waals surface area contributed by atoms with E-state index in [4.69, 9.17) is 0 Å². The number of benzene rings is 1. The average Bonchev–Trinajstić information content (AvgIpc) is 3.05. The van der Waals surface area contributed by atoms with E-state index < -0.39 is 11.7 Å². The third-order valence-corrected chi connectivity index (χ3v) is 3.75. The number of hydrogen-bond acceptors (Lipinski definition) is 4. The molecule has 4 rings (SSSR count). The summed E-state index contributed by atoms with van der Waals surface area (Å²) < 4.78 is 38.7. The number of nitrogens with zero attached hydrogens (tertiary/aromatic N) is 3. The van der Waals surface area contributed by atoms with Crippen LogP contribution in [-0.2, 0) is 6.18 Å². The zero-order chi connectivity index (χ0) is 18.1. The molecule has 3 heterocycles. The topological polar surface area (TPSA) is 66.5 Å². The summed E-state index contributed by atoms with van der Waals surface area (Å²) in [6, 6.07) is 12.2. The molecule has 4 aromatic rings. The second-order valence-corrected chi connectivity index (χ2v) is 5.59. The molecule has 0 fully saturated rings. The summed E-state index contributed by atoms with van der Waals surface area (Å²) in [5.41, 5.74) is 0.858. The number of anilines is 2. The summed E-state index contributed by atoms with van der Waals surface area (Å²) in [6.45, 7) is 0. The van der Waals surface area contributed by atoms with Gasteiger partial charge in [-0.25, -0.2) is 15.0 Å². The van der Waals surface area contributed by atoms with Crippen molar-refractivity contribution < 1.29 is 13.2 Å². The second-order valence-electron chi connectivity index (χ2n) is 5.59. The number of fused-ring (bicyclic) bond motifs is 1. The highest BCUT2D eigenvalue weighted by atomic mass is 19.4. The number of halogens is 3. The van der Waals surface area contributed by atoms with Crippen LogP contribution in [0.5, 0.6) is 0 Å². The summed E-state index contributed by atoms with van der Waals surface area (Å²) in [4.78, 5) is 15.8. The number of imidazole rings is 1. The van der Waals surface area contributed by atoms with Gasteiger partial charge in [-0.05, 0) is 24.3 Å². The smallest absolute Gasteiger partial charge is 0.337 e. The van der Waals surface area contributed by atoms with Gasteiger partial charge in [-0.1, -0.05) is 18.2 Å². The minimum absolute atomic E-state index is 0.350. The molecule has 0 atom stereocenters. The molecule has 1 aromatic carbocycles. The van der Waals surface area contributed by atoms with E-state index in [1.165, 1.54) is 6.07 Å². The van der Waals surface area contributed by atoms with Crippen LogP contribution in [0.1, 0.15) is 5.56 Å². The Labute approximate surface area is 146 Å². The van der Waals surface area contributed by atoms with Crippen molar-refractivity contribution in [3.63, 3.8) is 0 Å². The average molecular weight is 355 g/mol. The van der Waals surface area contributed by atoms with Gasteiger partial charge in [0.25, 0.3) is 0 Å². The lowest BCUT2D eigenvalue weighted by Gasteiger charge is -2.07. The predicted octanol–water partition coefficient (Wildman–Crippen LogP) is 4.78. The fourth-order valence-electron chi connectivity index (χ4n) is 2.53. The second kappa shape index (κ2) is 6.14. The van der Waals surface area contributed by atoms with Crippen LogP contribution in [0.3, 0.4) is 0 Å². The fourth-order valence-corrected chi connectivity index (χ4v) is 2.53. The van der Waals surface area contributed by atoms with Crippen molar-refractivity contribution in [1.82, 2.24) is 19.9 Å².